The van der Waals surface area contributed by atoms with Gasteiger partial charge in [-0.1, -0.05) is 0 Å². The highest BCUT2D eigenvalue weighted by Gasteiger charge is 2.31. The summed E-state index contributed by atoms with van der Waals surface area (Å²) in [6.07, 6.45) is -0.868. The van der Waals surface area contributed by atoms with Gasteiger partial charge in [-0.05, 0) is 49.9 Å². The van der Waals surface area contributed by atoms with E-state index in [4.69, 9.17) is 10.5 Å². The van der Waals surface area contributed by atoms with Gasteiger partial charge in [0.2, 0.25) is 10.0 Å². The van der Waals surface area contributed by atoms with E-state index in [2.05, 4.69) is 0 Å². The first-order valence-corrected chi connectivity index (χ1v) is 9.01. The number of nitrogens with two attached hydrogens (primary N) is 1. The monoisotopic (exact) mass is 348 g/mol. The van der Waals surface area contributed by atoms with Gasteiger partial charge in [-0.3, -0.25) is 0 Å². The van der Waals surface area contributed by atoms with E-state index in [0.29, 0.717) is 13.1 Å². The molecule has 2 atom stereocenters. The summed E-state index contributed by atoms with van der Waals surface area (Å²) in [5.41, 5.74) is 5.89. The number of rotatable bonds is 6. The van der Waals surface area contributed by atoms with Crippen LogP contribution in [0.4, 0.5) is 8.78 Å². The summed E-state index contributed by atoms with van der Waals surface area (Å²) in [7, 11) is -3.60. The largest absolute Gasteiger partial charge is 0.488 e. The molecular weight excluding hydrogens is 326 g/mol. The first-order valence-electron chi connectivity index (χ1n) is 7.57. The van der Waals surface area contributed by atoms with Crippen molar-refractivity contribution in [2.24, 2.45) is 11.7 Å². The number of ether oxygens (including phenoxy) is 1. The average Bonchev–Trinajstić information content (AvgIpc) is 2.53. The molecule has 1 fully saturated rings. The molecule has 2 rings (SSSR count). The van der Waals surface area contributed by atoms with Crippen LogP contribution in [0.3, 0.4) is 0 Å². The van der Waals surface area contributed by atoms with E-state index in [9.17, 15) is 17.2 Å². The summed E-state index contributed by atoms with van der Waals surface area (Å²) in [5, 5.41) is 0. The standard InChI is InChI=1S/C15H22F2N2O3S/c1-11(18)12-3-2-8-19(9-12)23(20,21)14-6-4-13(5-7-14)22-10-15(16)17/h4-7,11-12,15H,2-3,8-10,18H2,1H3. The van der Waals surface area contributed by atoms with E-state index < -0.39 is 23.1 Å². The number of halogens is 2. The van der Waals surface area contributed by atoms with E-state index in [1.54, 1.807) is 0 Å². The van der Waals surface area contributed by atoms with Crippen molar-refractivity contribution in [3.8, 4) is 5.75 Å². The van der Waals surface area contributed by atoms with Crippen molar-refractivity contribution < 1.29 is 21.9 Å². The van der Waals surface area contributed by atoms with Crippen LogP contribution in [0.1, 0.15) is 19.8 Å². The van der Waals surface area contributed by atoms with Crippen LogP contribution in [0.2, 0.25) is 0 Å². The van der Waals surface area contributed by atoms with Gasteiger partial charge in [0.25, 0.3) is 6.43 Å². The normalized spacial score (nSPS) is 21.3. The van der Waals surface area contributed by atoms with Gasteiger partial charge in [0.15, 0.2) is 0 Å². The van der Waals surface area contributed by atoms with Gasteiger partial charge in [0.1, 0.15) is 12.4 Å². The molecule has 0 saturated carbocycles. The SMILES string of the molecule is CC(N)C1CCCN(S(=O)(=O)c2ccc(OCC(F)F)cc2)C1. The molecule has 2 N–H and O–H groups in total. The summed E-state index contributed by atoms with van der Waals surface area (Å²) < 4.78 is 55.8. The van der Waals surface area contributed by atoms with Gasteiger partial charge >= 0.3 is 0 Å². The summed E-state index contributed by atoms with van der Waals surface area (Å²) in [6, 6.07) is 5.49. The van der Waals surface area contributed by atoms with Crippen LogP contribution in [-0.2, 0) is 10.0 Å². The predicted molar refractivity (Wildman–Crippen MR) is 83.1 cm³/mol. The van der Waals surface area contributed by atoms with Crippen LogP contribution in [0.25, 0.3) is 0 Å². The maximum absolute atomic E-state index is 12.7. The van der Waals surface area contributed by atoms with Crippen LogP contribution in [0, 0.1) is 5.92 Å². The minimum absolute atomic E-state index is 0.0573. The zero-order valence-electron chi connectivity index (χ0n) is 13.0. The molecule has 0 amide bonds. The minimum atomic E-state index is -3.60. The van der Waals surface area contributed by atoms with Gasteiger partial charge in [-0.25, -0.2) is 17.2 Å². The number of hydrogen-bond acceptors (Lipinski definition) is 4. The Kier molecular flexibility index (Phi) is 5.94. The Bertz CT molecular complexity index is 606. The summed E-state index contributed by atoms with van der Waals surface area (Å²) in [6.45, 7) is 2.04. The van der Waals surface area contributed by atoms with Crippen molar-refractivity contribution in [1.82, 2.24) is 4.31 Å². The molecule has 0 spiro atoms. The van der Waals surface area contributed by atoms with E-state index >= 15 is 0 Å². The first kappa shape index (κ1) is 18.1. The topological polar surface area (TPSA) is 72.6 Å². The maximum atomic E-state index is 12.7. The summed E-state index contributed by atoms with van der Waals surface area (Å²) in [4.78, 5) is 0.132. The van der Waals surface area contributed by atoms with E-state index in [1.807, 2.05) is 6.92 Å². The highest BCUT2D eigenvalue weighted by Crippen LogP contribution is 2.26. The van der Waals surface area contributed by atoms with Crippen LogP contribution in [0.15, 0.2) is 29.2 Å². The lowest BCUT2D eigenvalue weighted by Crippen LogP contribution is -2.44. The smallest absolute Gasteiger partial charge is 0.272 e. The second-order valence-electron chi connectivity index (χ2n) is 5.80. The molecule has 5 nitrogen and oxygen atoms in total. The van der Waals surface area contributed by atoms with Crippen molar-refractivity contribution in [3.05, 3.63) is 24.3 Å². The molecule has 0 radical (unpaired) electrons. The zero-order valence-corrected chi connectivity index (χ0v) is 13.8. The molecule has 1 heterocycles. The number of sulfonamides is 1. The van der Waals surface area contributed by atoms with Crippen LogP contribution < -0.4 is 10.5 Å². The second kappa shape index (κ2) is 7.55. The Morgan fingerprint density at radius 2 is 2.00 bits per heavy atom. The first-order chi connectivity index (χ1) is 10.8. The lowest BCUT2D eigenvalue weighted by Gasteiger charge is -2.33. The fourth-order valence-corrected chi connectivity index (χ4v) is 4.17. The van der Waals surface area contributed by atoms with Crippen molar-refractivity contribution in [2.75, 3.05) is 19.7 Å². The van der Waals surface area contributed by atoms with Crippen molar-refractivity contribution in [3.63, 3.8) is 0 Å². The molecule has 1 aromatic carbocycles. The van der Waals surface area contributed by atoms with Crippen LogP contribution in [0.5, 0.6) is 5.75 Å². The fraction of sp³-hybridized carbons (Fsp3) is 0.600. The number of alkyl halides is 2. The average molecular weight is 348 g/mol. The molecule has 0 aromatic heterocycles. The summed E-state index contributed by atoms with van der Waals surface area (Å²) in [5.74, 6) is 0.364. The maximum Gasteiger partial charge on any atom is 0.272 e. The molecule has 23 heavy (non-hydrogen) atoms. The molecule has 0 aliphatic carbocycles. The molecule has 1 aromatic rings. The number of nitrogens with zero attached hydrogens (tertiary/aromatic N) is 1. The van der Waals surface area contributed by atoms with Crippen LogP contribution in [-0.4, -0.2) is 44.9 Å². The number of hydrogen-bond donors (Lipinski definition) is 1. The highest BCUT2D eigenvalue weighted by atomic mass is 32.2. The van der Waals surface area contributed by atoms with E-state index in [1.165, 1.54) is 28.6 Å². The minimum Gasteiger partial charge on any atom is -0.488 e. The lowest BCUT2D eigenvalue weighted by molar-refractivity contribution is 0.0819. The molecule has 1 saturated heterocycles. The zero-order chi connectivity index (χ0) is 17.0. The number of benzene rings is 1. The molecule has 8 heteroatoms. The van der Waals surface area contributed by atoms with Crippen molar-refractivity contribution in [2.45, 2.75) is 37.1 Å². The Hall–Kier alpha value is -1.25. The third-order valence-electron chi connectivity index (χ3n) is 4.00. The van der Waals surface area contributed by atoms with Gasteiger partial charge in [0.05, 0.1) is 4.90 Å². The Morgan fingerprint density at radius 3 is 2.57 bits per heavy atom. The van der Waals surface area contributed by atoms with Crippen LogP contribution >= 0.6 is 0 Å². The number of piperidine rings is 1. The van der Waals surface area contributed by atoms with E-state index in [-0.39, 0.29) is 22.6 Å². The van der Waals surface area contributed by atoms with Crippen molar-refractivity contribution >= 4 is 10.0 Å². The van der Waals surface area contributed by atoms with E-state index in [0.717, 1.165) is 12.8 Å². The van der Waals surface area contributed by atoms with Crippen molar-refractivity contribution in [1.29, 1.82) is 0 Å². The van der Waals surface area contributed by atoms with Gasteiger partial charge in [0, 0.05) is 19.1 Å². The third kappa shape index (κ3) is 4.62. The highest BCUT2D eigenvalue weighted by molar-refractivity contribution is 7.89. The molecule has 130 valence electrons. The molecular formula is C15H22F2N2O3S. The molecule has 0 bridgehead atoms. The quantitative estimate of drug-likeness (QED) is 0.854. The lowest BCUT2D eigenvalue weighted by atomic mass is 9.93. The molecule has 2 unspecified atom stereocenters. The Morgan fingerprint density at radius 1 is 1.35 bits per heavy atom. The molecule has 1 aliphatic heterocycles. The van der Waals surface area contributed by atoms with Gasteiger partial charge in [-0.2, -0.15) is 4.31 Å². The fourth-order valence-electron chi connectivity index (χ4n) is 2.64. The second-order valence-corrected chi connectivity index (χ2v) is 7.74. The Labute approximate surface area is 135 Å². The summed E-state index contributed by atoms with van der Waals surface area (Å²) >= 11 is 0. The Balaban J connectivity index is 2.09. The van der Waals surface area contributed by atoms with Gasteiger partial charge < -0.3 is 10.5 Å². The molecule has 1 aliphatic rings. The predicted octanol–water partition coefficient (Wildman–Crippen LogP) is 2.08. The van der Waals surface area contributed by atoms with Gasteiger partial charge in [-0.15, -0.1) is 0 Å². The third-order valence-corrected chi connectivity index (χ3v) is 5.88.